The van der Waals surface area contributed by atoms with Gasteiger partial charge in [-0.3, -0.25) is 9.59 Å². The van der Waals surface area contributed by atoms with E-state index in [0.29, 0.717) is 18.0 Å². The molecule has 1 aromatic rings. The predicted molar refractivity (Wildman–Crippen MR) is 97.3 cm³/mol. The lowest BCUT2D eigenvalue weighted by atomic mass is 9.82. The monoisotopic (exact) mass is 344 g/mol. The molecule has 1 saturated carbocycles. The number of nitrogens with one attached hydrogen (secondary N) is 2. The fourth-order valence-corrected chi connectivity index (χ4v) is 4.17. The number of aliphatic hydroxyl groups is 1. The van der Waals surface area contributed by atoms with Gasteiger partial charge in [0.2, 0.25) is 0 Å². The summed E-state index contributed by atoms with van der Waals surface area (Å²) in [5, 5.41) is 14.8. The molecule has 0 aliphatic heterocycles. The molecular weight excluding hydrogens is 316 g/mol. The summed E-state index contributed by atoms with van der Waals surface area (Å²) in [5.41, 5.74) is 3.28. The van der Waals surface area contributed by atoms with Gasteiger partial charge in [0.1, 0.15) is 0 Å². The van der Waals surface area contributed by atoms with Crippen molar-refractivity contribution >= 4 is 17.5 Å². The van der Waals surface area contributed by atoms with E-state index in [1.165, 1.54) is 17.5 Å². The van der Waals surface area contributed by atoms with Gasteiger partial charge < -0.3 is 15.7 Å². The number of carbonyl (C=O) groups excluding carboxylic acids is 2. The average Bonchev–Trinajstić information content (AvgIpc) is 3.09. The van der Waals surface area contributed by atoms with Crippen LogP contribution in [-0.2, 0) is 22.4 Å². The molecule has 5 heteroatoms. The minimum atomic E-state index is -0.628. The van der Waals surface area contributed by atoms with Gasteiger partial charge in [0.15, 0.2) is 0 Å². The van der Waals surface area contributed by atoms with Crippen LogP contribution in [0, 0.1) is 5.92 Å². The Kier molecular flexibility index (Phi) is 6.08. The molecule has 2 aliphatic carbocycles. The second-order valence-electron chi connectivity index (χ2n) is 7.28. The molecule has 2 amide bonds. The predicted octanol–water partition coefficient (Wildman–Crippen LogP) is 2.56. The smallest absolute Gasteiger partial charge is 0.313 e. The molecule has 1 aromatic carbocycles. The Hall–Kier alpha value is -1.88. The van der Waals surface area contributed by atoms with Gasteiger partial charge in [-0.25, -0.2) is 0 Å². The van der Waals surface area contributed by atoms with Gasteiger partial charge in [-0.1, -0.05) is 25.3 Å². The van der Waals surface area contributed by atoms with Gasteiger partial charge in [-0.05, 0) is 67.7 Å². The van der Waals surface area contributed by atoms with Crippen LogP contribution in [-0.4, -0.2) is 29.6 Å². The molecule has 25 heavy (non-hydrogen) atoms. The normalized spacial score (nSPS) is 18.4. The zero-order valence-electron chi connectivity index (χ0n) is 14.7. The fourth-order valence-electron chi connectivity index (χ4n) is 4.17. The Morgan fingerprint density at radius 2 is 1.80 bits per heavy atom. The summed E-state index contributed by atoms with van der Waals surface area (Å²) in [6, 6.07) is 5.75. The van der Waals surface area contributed by atoms with Crippen LogP contribution in [0.1, 0.15) is 56.1 Å². The van der Waals surface area contributed by atoms with E-state index < -0.39 is 11.8 Å². The maximum absolute atomic E-state index is 12.3. The number of hydrogen-bond acceptors (Lipinski definition) is 3. The number of carbonyl (C=O) groups is 2. The van der Waals surface area contributed by atoms with Gasteiger partial charge in [-0.15, -0.1) is 0 Å². The van der Waals surface area contributed by atoms with Crippen LogP contribution >= 0.6 is 0 Å². The Morgan fingerprint density at radius 1 is 1.04 bits per heavy atom. The molecule has 5 nitrogen and oxygen atoms in total. The van der Waals surface area contributed by atoms with Gasteiger partial charge in [0.05, 0.1) is 0 Å². The van der Waals surface area contributed by atoms with E-state index in [-0.39, 0.29) is 12.6 Å². The summed E-state index contributed by atoms with van der Waals surface area (Å²) in [4.78, 5) is 24.6. The molecule has 3 N–H and O–H groups in total. The minimum absolute atomic E-state index is 0.0217. The molecular formula is C20H28N2O3. The van der Waals surface area contributed by atoms with Gasteiger partial charge >= 0.3 is 11.8 Å². The molecule has 0 saturated heterocycles. The second-order valence-corrected chi connectivity index (χ2v) is 7.28. The Morgan fingerprint density at radius 3 is 2.56 bits per heavy atom. The minimum Gasteiger partial charge on any atom is -0.396 e. The largest absolute Gasteiger partial charge is 0.396 e. The summed E-state index contributed by atoms with van der Waals surface area (Å²) in [7, 11) is 0. The topological polar surface area (TPSA) is 78.4 Å². The van der Waals surface area contributed by atoms with Gasteiger partial charge in [0, 0.05) is 18.3 Å². The van der Waals surface area contributed by atoms with Crippen molar-refractivity contribution < 1.29 is 14.7 Å². The summed E-state index contributed by atoms with van der Waals surface area (Å²) in [5.74, 6) is -0.876. The Balaban J connectivity index is 1.58. The zero-order chi connectivity index (χ0) is 17.6. The first-order valence-electron chi connectivity index (χ1n) is 9.52. The lowest BCUT2D eigenvalue weighted by Gasteiger charge is -2.30. The van der Waals surface area contributed by atoms with Crippen LogP contribution in [0.15, 0.2) is 18.2 Å². The van der Waals surface area contributed by atoms with Crippen molar-refractivity contribution in [2.45, 2.75) is 63.8 Å². The number of aryl methyl sites for hydroxylation is 2. The lowest BCUT2D eigenvalue weighted by Crippen LogP contribution is -2.46. The van der Waals surface area contributed by atoms with Gasteiger partial charge in [-0.2, -0.15) is 0 Å². The number of rotatable bonds is 5. The molecule has 0 spiro atoms. The van der Waals surface area contributed by atoms with Crippen LogP contribution in [0.2, 0.25) is 0 Å². The number of benzene rings is 1. The number of hydrogen-bond donors (Lipinski definition) is 3. The molecule has 0 radical (unpaired) electrons. The third-order valence-electron chi connectivity index (χ3n) is 5.54. The van der Waals surface area contributed by atoms with Crippen molar-refractivity contribution in [3.63, 3.8) is 0 Å². The summed E-state index contributed by atoms with van der Waals surface area (Å²) in [6.07, 6.45) is 9.43. The molecule has 0 bridgehead atoms. The van der Waals surface area contributed by atoms with Crippen LogP contribution in [0.4, 0.5) is 5.69 Å². The highest BCUT2D eigenvalue weighted by molar-refractivity contribution is 6.39. The third kappa shape index (κ3) is 4.60. The second kappa shape index (κ2) is 8.48. The van der Waals surface area contributed by atoms with Crippen molar-refractivity contribution in [2.24, 2.45) is 5.92 Å². The van der Waals surface area contributed by atoms with Crippen LogP contribution in [0.5, 0.6) is 0 Å². The van der Waals surface area contributed by atoms with Crippen LogP contribution in [0.3, 0.4) is 0 Å². The van der Waals surface area contributed by atoms with Crippen LogP contribution in [0.25, 0.3) is 0 Å². The standard InChI is InChI=1S/C20H28N2O3/c23-12-11-18(15-5-2-1-3-6-15)22-20(25)19(24)21-17-10-9-14-7-4-8-16(14)13-17/h9-10,13,15,18,23H,1-8,11-12H2,(H,21,24)(H,22,25). The number of aliphatic hydroxyl groups excluding tert-OH is 1. The molecule has 1 unspecified atom stereocenters. The molecule has 1 atom stereocenters. The molecule has 3 rings (SSSR count). The Bertz CT molecular complexity index is 623. The van der Waals surface area contributed by atoms with E-state index in [0.717, 1.165) is 44.9 Å². The van der Waals surface area contributed by atoms with Crippen molar-refractivity contribution in [2.75, 3.05) is 11.9 Å². The SMILES string of the molecule is O=C(Nc1ccc2c(c1)CCC2)C(=O)NC(CCO)C1CCCCC1. The van der Waals surface area contributed by atoms with Crippen LogP contribution < -0.4 is 10.6 Å². The maximum atomic E-state index is 12.3. The quantitative estimate of drug-likeness (QED) is 0.718. The molecule has 1 fully saturated rings. The first-order chi connectivity index (χ1) is 12.2. The fraction of sp³-hybridized carbons (Fsp3) is 0.600. The van der Waals surface area contributed by atoms with Crippen molar-refractivity contribution in [3.05, 3.63) is 29.3 Å². The molecule has 0 aromatic heterocycles. The molecule has 2 aliphatic rings. The number of amides is 2. The van der Waals surface area contributed by atoms with Crippen molar-refractivity contribution in [3.8, 4) is 0 Å². The highest BCUT2D eigenvalue weighted by Crippen LogP contribution is 2.28. The van der Waals surface area contributed by atoms with E-state index in [1.807, 2.05) is 18.2 Å². The van der Waals surface area contributed by atoms with E-state index in [4.69, 9.17) is 0 Å². The lowest BCUT2D eigenvalue weighted by molar-refractivity contribution is -0.137. The third-order valence-corrected chi connectivity index (χ3v) is 5.54. The Labute approximate surface area is 149 Å². The average molecular weight is 344 g/mol. The molecule has 0 heterocycles. The van der Waals surface area contributed by atoms with E-state index in [1.54, 1.807) is 0 Å². The highest BCUT2D eigenvalue weighted by atomic mass is 16.3. The van der Waals surface area contributed by atoms with E-state index in [9.17, 15) is 14.7 Å². The summed E-state index contributed by atoms with van der Waals surface area (Å²) in [6.45, 7) is 0.0217. The highest BCUT2D eigenvalue weighted by Gasteiger charge is 2.27. The number of anilines is 1. The van der Waals surface area contributed by atoms with Gasteiger partial charge in [0.25, 0.3) is 0 Å². The summed E-state index contributed by atoms with van der Waals surface area (Å²) >= 11 is 0. The van der Waals surface area contributed by atoms with Crippen molar-refractivity contribution in [1.29, 1.82) is 0 Å². The summed E-state index contributed by atoms with van der Waals surface area (Å²) < 4.78 is 0. The first-order valence-corrected chi connectivity index (χ1v) is 9.52. The number of fused-ring (bicyclic) bond motifs is 1. The maximum Gasteiger partial charge on any atom is 0.313 e. The first kappa shape index (κ1) is 17.9. The van der Waals surface area contributed by atoms with E-state index >= 15 is 0 Å². The zero-order valence-corrected chi connectivity index (χ0v) is 14.7. The molecule has 136 valence electrons. The van der Waals surface area contributed by atoms with E-state index in [2.05, 4.69) is 10.6 Å². The van der Waals surface area contributed by atoms with Crippen molar-refractivity contribution in [1.82, 2.24) is 5.32 Å².